The maximum Gasteiger partial charge on any atom is 0.325 e. The van der Waals surface area contributed by atoms with Crippen molar-refractivity contribution in [2.24, 2.45) is 0 Å². The van der Waals surface area contributed by atoms with E-state index in [0.717, 1.165) is 21.8 Å². The molecule has 9 heteroatoms. The second-order valence-electron chi connectivity index (χ2n) is 6.93. The Morgan fingerprint density at radius 3 is 2.55 bits per heavy atom. The van der Waals surface area contributed by atoms with Crippen LogP contribution in [0.15, 0.2) is 64.9 Å². The molecule has 3 aromatic rings. The van der Waals surface area contributed by atoms with Crippen LogP contribution in [0.3, 0.4) is 0 Å². The van der Waals surface area contributed by atoms with Crippen LogP contribution >= 0.6 is 22.9 Å². The summed E-state index contributed by atoms with van der Waals surface area (Å²) in [5.74, 6) is -1.68. The van der Waals surface area contributed by atoms with Gasteiger partial charge in [0.05, 0.1) is 0 Å². The second-order valence-corrected chi connectivity index (χ2v) is 10.4. The molecule has 150 valence electrons. The fourth-order valence-electron chi connectivity index (χ4n) is 3.36. The smallest absolute Gasteiger partial charge is 0.325 e. The van der Waals surface area contributed by atoms with E-state index in [9.17, 15) is 18.3 Å². The Hall–Kier alpha value is -2.39. The fraction of sp³-hybridized carbons (Fsp3) is 0.150. The lowest BCUT2D eigenvalue weighted by Crippen LogP contribution is -2.44. The maximum absolute atomic E-state index is 12.9. The van der Waals surface area contributed by atoms with Gasteiger partial charge in [-0.25, -0.2) is 8.42 Å². The Balaban J connectivity index is 1.61. The largest absolute Gasteiger partial charge is 0.480 e. The fourth-order valence-corrected chi connectivity index (χ4v) is 6.20. The molecule has 1 saturated carbocycles. The summed E-state index contributed by atoms with van der Waals surface area (Å²) in [5, 5.41) is 10.3. The number of benzene rings is 2. The number of aliphatic carboxylic acids is 1. The summed E-state index contributed by atoms with van der Waals surface area (Å²) in [5.41, 5.74) is 6.24. The molecule has 29 heavy (non-hydrogen) atoms. The lowest BCUT2D eigenvalue weighted by Gasteiger charge is -2.15. The van der Waals surface area contributed by atoms with Crippen molar-refractivity contribution in [1.82, 2.24) is 4.72 Å². The third-order valence-electron chi connectivity index (χ3n) is 4.95. The molecular formula is C20H17ClN2O4S2. The summed E-state index contributed by atoms with van der Waals surface area (Å²) in [6, 6.07) is 17.1. The number of hydrogen-bond acceptors (Lipinski definition) is 5. The van der Waals surface area contributed by atoms with Gasteiger partial charge in [-0.15, -0.1) is 11.3 Å². The first-order valence-corrected chi connectivity index (χ1v) is 11.4. The first-order valence-electron chi connectivity index (χ1n) is 8.70. The zero-order valence-corrected chi connectivity index (χ0v) is 17.4. The number of thiophene rings is 1. The van der Waals surface area contributed by atoms with Gasteiger partial charge in [-0.05, 0) is 53.9 Å². The lowest BCUT2D eigenvalue weighted by atomic mass is 10.1. The first kappa shape index (κ1) is 19.9. The van der Waals surface area contributed by atoms with Crippen molar-refractivity contribution in [3.05, 3.63) is 71.2 Å². The molecule has 2 atom stereocenters. The van der Waals surface area contributed by atoms with E-state index in [1.54, 1.807) is 54.6 Å². The van der Waals surface area contributed by atoms with Crippen molar-refractivity contribution in [2.45, 2.75) is 22.1 Å². The van der Waals surface area contributed by atoms with Gasteiger partial charge in [-0.3, -0.25) is 4.79 Å². The normalized spacial score (nSPS) is 21.1. The molecule has 0 radical (unpaired) electrons. The summed E-state index contributed by atoms with van der Waals surface area (Å²) in [4.78, 5) is 12.7. The minimum atomic E-state index is -4.02. The predicted molar refractivity (Wildman–Crippen MR) is 114 cm³/mol. The topological polar surface area (TPSA) is 109 Å². The average Bonchev–Trinajstić information content (AvgIpc) is 3.16. The summed E-state index contributed by atoms with van der Waals surface area (Å²) in [6.45, 7) is 0. The van der Waals surface area contributed by atoms with Crippen LogP contribution in [0.4, 0.5) is 5.69 Å². The van der Waals surface area contributed by atoms with Crippen LogP contribution in [0.5, 0.6) is 0 Å². The number of hydrogen-bond donors (Lipinski definition) is 3. The molecule has 0 saturated heterocycles. The molecular weight excluding hydrogens is 432 g/mol. The van der Waals surface area contributed by atoms with Gasteiger partial charge in [0.1, 0.15) is 9.75 Å². The lowest BCUT2D eigenvalue weighted by molar-refractivity contribution is -0.140. The molecule has 0 aliphatic heterocycles. The van der Waals surface area contributed by atoms with Crippen LogP contribution in [0.25, 0.3) is 10.4 Å². The van der Waals surface area contributed by atoms with Crippen molar-refractivity contribution >= 4 is 44.6 Å². The Morgan fingerprint density at radius 2 is 1.90 bits per heavy atom. The monoisotopic (exact) mass is 448 g/mol. The molecule has 4 rings (SSSR count). The molecule has 0 amide bonds. The van der Waals surface area contributed by atoms with Crippen molar-refractivity contribution in [3.8, 4) is 10.4 Å². The molecule has 1 heterocycles. The number of carboxylic acids is 1. The Kier molecular flexibility index (Phi) is 4.90. The van der Waals surface area contributed by atoms with Gasteiger partial charge in [-0.1, -0.05) is 35.9 Å². The quantitative estimate of drug-likeness (QED) is 0.495. The standard InChI is InChI=1S/C20H17ClN2O4S2/c21-14-6-4-12(5-7-14)17-8-9-18(28-17)29(26,27)23-20(19(24)25)11-16(20)13-2-1-3-15(22)10-13/h1-10,16,23H,11,22H2,(H,24,25). The van der Waals surface area contributed by atoms with Gasteiger partial charge in [0.2, 0.25) is 0 Å². The van der Waals surface area contributed by atoms with Gasteiger partial charge in [0.15, 0.2) is 0 Å². The van der Waals surface area contributed by atoms with Crippen molar-refractivity contribution in [3.63, 3.8) is 0 Å². The van der Waals surface area contributed by atoms with Crippen molar-refractivity contribution in [2.75, 3.05) is 5.73 Å². The molecule has 6 nitrogen and oxygen atoms in total. The van der Waals surface area contributed by atoms with E-state index in [0.29, 0.717) is 16.3 Å². The van der Waals surface area contributed by atoms with Gasteiger partial charge in [0, 0.05) is 21.5 Å². The van der Waals surface area contributed by atoms with Crippen LogP contribution in [-0.2, 0) is 14.8 Å². The maximum atomic E-state index is 12.9. The number of nitrogens with one attached hydrogen (secondary N) is 1. The van der Waals surface area contributed by atoms with Crippen LogP contribution < -0.4 is 10.5 Å². The van der Waals surface area contributed by atoms with E-state index in [4.69, 9.17) is 17.3 Å². The van der Waals surface area contributed by atoms with Crippen LogP contribution in [0, 0.1) is 0 Å². The average molecular weight is 449 g/mol. The minimum Gasteiger partial charge on any atom is -0.480 e. The molecule has 1 aliphatic carbocycles. The zero-order valence-electron chi connectivity index (χ0n) is 15.0. The van der Waals surface area contributed by atoms with Crippen molar-refractivity contribution in [1.29, 1.82) is 0 Å². The van der Waals surface area contributed by atoms with E-state index < -0.39 is 27.4 Å². The zero-order chi connectivity index (χ0) is 20.8. The van der Waals surface area contributed by atoms with Crippen LogP contribution in [0.2, 0.25) is 5.02 Å². The number of anilines is 1. The van der Waals surface area contributed by atoms with Crippen LogP contribution in [0.1, 0.15) is 17.9 Å². The van der Waals surface area contributed by atoms with Crippen LogP contribution in [-0.4, -0.2) is 25.0 Å². The minimum absolute atomic E-state index is 0.0568. The summed E-state index contributed by atoms with van der Waals surface area (Å²) >= 11 is 6.97. The van der Waals surface area contributed by atoms with E-state index in [-0.39, 0.29) is 10.6 Å². The summed E-state index contributed by atoms with van der Waals surface area (Å²) in [7, 11) is -4.02. The molecule has 1 aliphatic rings. The van der Waals surface area contributed by atoms with E-state index in [2.05, 4.69) is 4.72 Å². The molecule has 0 bridgehead atoms. The highest BCUT2D eigenvalue weighted by Gasteiger charge is 2.63. The molecule has 0 spiro atoms. The number of halogens is 1. The van der Waals surface area contributed by atoms with Gasteiger partial charge in [-0.2, -0.15) is 4.72 Å². The van der Waals surface area contributed by atoms with Crippen molar-refractivity contribution < 1.29 is 18.3 Å². The first-order chi connectivity index (χ1) is 13.7. The molecule has 2 unspecified atom stereocenters. The van der Waals surface area contributed by atoms with E-state index in [1.807, 2.05) is 0 Å². The highest BCUT2D eigenvalue weighted by molar-refractivity contribution is 7.91. The molecule has 4 N–H and O–H groups in total. The third kappa shape index (κ3) is 3.76. The second kappa shape index (κ2) is 7.14. The molecule has 1 fully saturated rings. The predicted octanol–water partition coefficient (Wildman–Crippen LogP) is 3.94. The Labute approximate surface area is 177 Å². The summed E-state index contributed by atoms with van der Waals surface area (Å²) in [6.07, 6.45) is 0.167. The highest BCUT2D eigenvalue weighted by Crippen LogP contribution is 2.53. The number of nitrogen functional groups attached to an aromatic ring is 1. The Morgan fingerprint density at radius 1 is 1.17 bits per heavy atom. The van der Waals surface area contributed by atoms with Gasteiger partial charge >= 0.3 is 5.97 Å². The Bertz CT molecular complexity index is 1190. The molecule has 2 aromatic carbocycles. The van der Waals surface area contributed by atoms with E-state index in [1.165, 1.54) is 6.07 Å². The number of nitrogens with two attached hydrogens (primary N) is 1. The van der Waals surface area contributed by atoms with Gasteiger partial charge in [0.25, 0.3) is 10.0 Å². The number of rotatable bonds is 6. The summed E-state index contributed by atoms with van der Waals surface area (Å²) < 4.78 is 28.3. The number of sulfonamides is 1. The van der Waals surface area contributed by atoms with Gasteiger partial charge < -0.3 is 10.8 Å². The number of carboxylic acid groups (broad SMARTS) is 1. The molecule has 1 aromatic heterocycles. The SMILES string of the molecule is Nc1cccc(C2CC2(NS(=O)(=O)c2ccc(-c3ccc(Cl)cc3)s2)C(=O)O)c1. The highest BCUT2D eigenvalue weighted by atomic mass is 35.5. The van der Waals surface area contributed by atoms with E-state index >= 15 is 0 Å². The number of carbonyl (C=O) groups is 1. The third-order valence-corrected chi connectivity index (χ3v) is 8.33.